The Morgan fingerprint density at radius 2 is 1.82 bits per heavy atom. The van der Waals surface area contributed by atoms with Crippen molar-refractivity contribution in [2.75, 3.05) is 11.9 Å². The minimum atomic E-state index is 0.0973. The zero-order valence-corrected chi connectivity index (χ0v) is 12.9. The van der Waals surface area contributed by atoms with E-state index in [4.69, 9.17) is 0 Å². The molecule has 22 heavy (non-hydrogen) atoms. The summed E-state index contributed by atoms with van der Waals surface area (Å²) < 4.78 is 0. The number of benzene rings is 2. The smallest absolute Gasteiger partial charge is 0.227 e. The van der Waals surface area contributed by atoms with Gasteiger partial charge in [0.25, 0.3) is 0 Å². The number of nitrogens with one attached hydrogen (secondary N) is 2. The summed E-state index contributed by atoms with van der Waals surface area (Å²) in [5.74, 6) is 0.233. The van der Waals surface area contributed by atoms with E-state index in [2.05, 4.69) is 35.8 Å². The van der Waals surface area contributed by atoms with E-state index in [1.807, 2.05) is 36.4 Å². The Morgan fingerprint density at radius 1 is 1.09 bits per heavy atom. The Labute approximate surface area is 131 Å². The third-order valence-electron chi connectivity index (χ3n) is 4.26. The highest BCUT2D eigenvalue weighted by Crippen LogP contribution is 2.28. The average Bonchev–Trinajstić information content (AvgIpc) is 2.56. The number of rotatable bonds is 3. The van der Waals surface area contributed by atoms with Gasteiger partial charge in [-0.3, -0.25) is 4.79 Å². The molecule has 2 aromatic rings. The van der Waals surface area contributed by atoms with Gasteiger partial charge in [0.05, 0.1) is 0 Å². The van der Waals surface area contributed by atoms with Crippen LogP contribution in [0, 0.1) is 5.92 Å². The van der Waals surface area contributed by atoms with E-state index in [1.165, 1.54) is 0 Å². The van der Waals surface area contributed by atoms with Crippen molar-refractivity contribution in [3.63, 3.8) is 0 Å². The van der Waals surface area contributed by atoms with Crippen molar-refractivity contribution in [3.05, 3.63) is 54.6 Å². The lowest BCUT2D eigenvalue weighted by molar-refractivity contribution is -0.120. The first-order valence-corrected chi connectivity index (χ1v) is 7.93. The van der Waals surface area contributed by atoms with E-state index in [-0.39, 0.29) is 11.8 Å². The molecule has 1 amide bonds. The maximum absolute atomic E-state index is 12.6. The predicted molar refractivity (Wildman–Crippen MR) is 90.7 cm³/mol. The zero-order valence-electron chi connectivity index (χ0n) is 12.9. The van der Waals surface area contributed by atoms with Crippen LogP contribution in [0.4, 0.5) is 5.69 Å². The van der Waals surface area contributed by atoms with Gasteiger partial charge in [-0.2, -0.15) is 0 Å². The monoisotopic (exact) mass is 294 g/mol. The highest BCUT2D eigenvalue weighted by atomic mass is 16.1. The fraction of sp³-hybridized carbons (Fsp3) is 0.316. The lowest BCUT2D eigenvalue weighted by Gasteiger charge is -2.27. The Balaban J connectivity index is 1.79. The van der Waals surface area contributed by atoms with Gasteiger partial charge in [-0.25, -0.2) is 0 Å². The highest BCUT2D eigenvalue weighted by molar-refractivity contribution is 5.96. The number of piperidine rings is 1. The third-order valence-corrected chi connectivity index (χ3v) is 4.26. The lowest BCUT2D eigenvalue weighted by Crippen LogP contribution is -2.40. The van der Waals surface area contributed by atoms with E-state index >= 15 is 0 Å². The van der Waals surface area contributed by atoms with E-state index in [1.54, 1.807) is 0 Å². The molecule has 0 saturated carbocycles. The van der Waals surface area contributed by atoms with Gasteiger partial charge in [-0.05, 0) is 37.9 Å². The van der Waals surface area contributed by atoms with Crippen LogP contribution in [-0.2, 0) is 4.79 Å². The summed E-state index contributed by atoms with van der Waals surface area (Å²) in [6.45, 7) is 3.05. The second-order valence-electron chi connectivity index (χ2n) is 5.98. The maximum atomic E-state index is 12.6. The van der Waals surface area contributed by atoms with Crippen LogP contribution in [0.15, 0.2) is 54.6 Å². The van der Waals surface area contributed by atoms with Gasteiger partial charge in [0.2, 0.25) is 5.91 Å². The second-order valence-corrected chi connectivity index (χ2v) is 5.98. The SMILES string of the molecule is C[C@H]1C[C@@H](C(=O)Nc2ccccc2-c2ccccc2)CCN1. The molecule has 3 rings (SSSR count). The Kier molecular flexibility index (Phi) is 4.54. The topological polar surface area (TPSA) is 41.1 Å². The first-order chi connectivity index (χ1) is 10.7. The van der Waals surface area contributed by atoms with Gasteiger partial charge in [0.15, 0.2) is 0 Å². The summed E-state index contributed by atoms with van der Waals surface area (Å²) in [5, 5.41) is 6.52. The van der Waals surface area contributed by atoms with E-state index in [0.717, 1.165) is 36.2 Å². The van der Waals surface area contributed by atoms with Crippen molar-refractivity contribution in [3.8, 4) is 11.1 Å². The number of hydrogen-bond acceptors (Lipinski definition) is 2. The molecule has 0 radical (unpaired) electrons. The number of para-hydroxylation sites is 1. The zero-order chi connectivity index (χ0) is 15.4. The van der Waals surface area contributed by atoms with Crippen LogP contribution in [-0.4, -0.2) is 18.5 Å². The molecule has 1 aliphatic rings. The molecule has 0 aromatic heterocycles. The number of carbonyl (C=O) groups excluding carboxylic acids is 1. The van der Waals surface area contributed by atoms with Crippen molar-refractivity contribution in [1.82, 2.24) is 5.32 Å². The fourth-order valence-corrected chi connectivity index (χ4v) is 3.07. The molecule has 1 heterocycles. The Bertz CT molecular complexity index is 639. The summed E-state index contributed by atoms with van der Waals surface area (Å²) in [5.41, 5.74) is 3.08. The summed E-state index contributed by atoms with van der Waals surface area (Å²) in [7, 11) is 0. The van der Waals surface area contributed by atoms with Gasteiger partial charge in [0, 0.05) is 23.2 Å². The number of anilines is 1. The summed E-state index contributed by atoms with van der Waals surface area (Å²) in [6, 6.07) is 18.6. The van der Waals surface area contributed by atoms with Crippen molar-refractivity contribution < 1.29 is 4.79 Å². The van der Waals surface area contributed by atoms with Gasteiger partial charge >= 0.3 is 0 Å². The van der Waals surface area contributed by atoms with Crippen molar-refractivity contribution in [1.29, 1.82) is 0 Å². The minimum absolute atomic E-state index is 0.0973. The van der Waals surface area contributed by atoms with Gasteiger partial charge in [-0.1, -0.05) is 48.5 Å². The molecule has 2 N–H and O–H groups in total. The molecule has 114 valence electrons. The normalized spacial score (nSPS) is 21.3. The van der Waals surface area contributed by atoms with Crippen molar-refractivity contribution in [2.24, 2.45) is 5.92 Å². The molecule has 0 unspecified atom stereocenters. The third kappa shape index (κ3) is 3.37. The van der Waals surface area contributed by atoms with Crippen LogP contribution in [0.25, 0.3) is 11.1 Å². The van der Waals surface area contributed by atoms with Crippen LogP contribution in [0.1, 0.15) is 19.8 Å². The van der Waals surface area contributed by atoms with Crippen LogP contribution in [0.2, 0.25) is 0 Å². The van der Waals surface area contributed by atoms with Gasteiger partial charge in [-0.15, -0.1) is 0 Å². The molecule has 1 saturated heterocycles. The molecule has 2 aromatic carbocycles. The van der Waals surface area contributed by atoms with Crippen molar-refractivity contribution in [2.45, 2.75) is 25.8 Å². The highest BCUT2D eigenvalue weighted by Gasteiger charge is 2.25. The van der Waals surface area contributed by atoms with Crippen LogP contribution >= 0.6 is 0 Å². The van der Waals surface area contributed by atoms with Crippen molar-refractivity contribution >= 4 is 11.6 Å². The van der Waals surface area contributed by atoms with Crippen LogP contribution in [0.3, 0.4) is 0 Å². The molecular weight excluding hydrogens is 272 g/mol. The molecule has 3 heteroatoms. The molecule has 1 fully saturated rings. The quantitative estimate of drug-likeness (QED) is 0.906. The van der Waals surface area contributed by atoms with E-state index in [0.29, 0.717) is 6.04 Å². The predicted octanol–water partition coefficient (Wildman–Crippen LogP) is 3.68. The molecule has 0 bridgehead atoms. The first-order valence-electron chi connectivity index (χ1n) is 7.93. The first kappa shape index (κ1) is 14.8. The van der Waals surface area contributed by atoms with Crippen LogP contribution < -0.4 is 10.6 Å². The maximum Gasteiger partial charge on any atom is 0.227 e. The molecule has 0 spiro atoms. The standard InChI is InChI=1S/C19H22N2O/c1-14-13-16(11-12-20-14)19(22)21-18-10-6-5-9-17(18)15-7-3-2-4-8-15/h2-10,14,16,20H,11-13H2,1H3,(H,21,22)/t14-,16-/m0/s1. The van der Waals surface area contributed by atoms with Gasteiger partial charge < -0.3 is 10.6 Å². The molecular formula is C19H22N2O. The molecule has 1 aliphatic heterocycles. The number of amides is 1. The Hall–Kier alpha value is -2.13. The average molecular weight is 294 g/mol. The summed E-state index contributed by atoms with van der Waals surface area (Å²) in [6.07, 6.45) is 1.81. The minimum Gasteiger partial charge on any atom is -0.325 e. The van der Waals surface area contributed by atoms with Gasteiger partial charge in [0.1, 0.15) is 0 Å². The number of hydrogen-bond donors (Lipinski definition) is 2. The number of carbonyl (C=O) groups is 1. The summed E-state index contributed by atoms with van der Waals surface area (Å²) in [4.78, 5) is 12.6. The molecule has 3 nitrogen and oxygen atoms in total. The second kappa shape index (κ2) is 6.75. The molecule has 2 atom stereocenters. The lowest BCUT2D eigenvalue weighted by atomic mass is 9.92. The Morgan fingerprint density at radius 3 is 2.59 bits per heavy atom. The summed E-state index contributed by atoms with van der Waals surface area (Å²) >= 11 is 0. The van der Waals surface area contributed by atoms with E-state index in [9.17, 15) is 4.79 Å². The van der Waals surface area contributed by atoms with E-state index < -0.39 is 0 Å². The largest absolute Gasteiger partial charge is 0.325 e. The molecule has 0 aliphatic carbocycles. The van der Waals surface area contributed by atoms with Crippen LogP contribution in [0.5, 0.6) is 0 Å². The fourth-order valence-electron chi connectivity index (χ4n) is 3.07.